The standard InChI is InChI=1S/C14H19Cl2NO4/c1-19-7-8-20-6-2-5-17-14(18)10-21-13-4-3-11(15)9-12(13)16/h3-4,9H,2,5-8,10H2,1H3,(H,17,18). The van der Waals surface area contributed by atoms with E-state index in [0.29, 0.717) is 42.2 Å². The molecule has 1 amide bonds. The van der Waals surface area contributed by atoms with E-state index in [1.54, 1.807) is 25.3 Å². The highest BCUT2D eigenvalue weighted by molar-refractivity contribution is 6.35. The Kier molecular flexibility index (Phi) is 9.17. The van der Waals surface area contributed by atoms with Crippen LogP contribution < -0.4 is 10.1 Å². The predicted octanol–water partition coefficient (Wildman–Crippen LogP) is 2.54. The van der Waals surface area contributed by atoms with Gasteiger partial charge < -0.3 is 19.5 Å². The summed E-state index contributed by atoms with van der Waals surface area (Å²) in [5, 5.41) is 3.63. The number of hydrogen-bond acceptors (Lipinski definition) is 4. The number of hydrogen-bond donors (Lipinski definition) is 1. The van der Waals surface area contributed by atoms with E-state index in [1.165, 1.54) is 0 Å². The zero-order chi connectivity index (χ0) is 15.5. The fourth-order valence-corrected chi connectivity index (χ4v) is 1.90. The zero-order valence-corrected chi connectivity index (χ0v) is 13.4. The van der Waals surface area contributed by atoms with Gasteiger partial charge >= 0.3 is 0 Å². The van der Waals surface area contributed by atoms with E-state index < -0.39 is 0 Å². The maximum atomic E-state index is 11.6. The van der Waals surface area contributed by atoms with E-state index in [9.17, 15) is 4.79 Å². The van der Waals surface area contributed by atoms with Crippen LogP contribution >= 0.6 is 23.2 Å². The monoisotopic (exact) mass is 335 g/mol. The highest BCUT2D eigenvalue weighted by Gasteiger charge is 2.06. The van der Waals surface area contributed by atoms with E-state index in [0.717, 1.165) is 6.42 Å². The summed E-state index contributed by atoms with van der Waals surface area (Å²) in [6, 6.07) is 4.84. The molecule has 0 aliphatic heterocycles. The lowest BCUT2D eigenvalue weighted by molar-refractivity contribution is -0.123. The number of rotatable bonds is 10. The molecular weight excluding hydrogens is 317 g/mol. The van der Waals surface area contributed by atoms with Crippen LogP contribution in [0.15, 0.2) is 18.2 Å². The molecule has 118 valence electrons. The Hall–Kier alpha value is -1.01. The van der Waals surface area contributed by atoms with E-state index >= 15 is 0 Å². The Morgan fingerprint density at radius 2 is 2.05 bits per heavy atom. The second-order valence-corrected chi connectivity index (χ2v) is 5.02. The summed E-state index contributed by atoms with van der Waals surface area (Å²) in [7, 11) is 1.62. The normalized spacial score (nSPS) is 10.4. The largest absolute Gasteiger partial charge is 0.482 e. The minimum atomic E-state index is -0.210. The van der Waals surface area contributed by atoms with E-state index in [2.05, 4.69) is 5.32 Å². The molecule has 1 N–H and O–H groups in total. The van der Waals surface area contributed by atoms with Crippen molar-refractivity contribution >= 4 is 29.1 Å². The Labute approximate surface area is 134 Å². The summed E-state index contributed by atoms with van der Waals surface area (Å²) >= 11 is 11.7. The average molecular weight is 336 g/mol. The Morgan fingerprint density at radius 3 is 2.76 bits per heavy atom. The van der Waals surface area contributed by atoms with Crippen LogP contribution in [0.4, 0.5) is 0 Å². The van der Waals surface area contributed by atoms with E-state index in [-0.39, 0.29) is 12.5 Å². The van der Waals surface area contributed by atoms with Crippen molar-refractivity contribution in [3.63, 3.8) is 0 Å². The Balaban J connectivity index is 2.11. The second-order valence-electron chi connectivity index (χ2n) is 4.17. The molecule has 0 aromatic heterocycles. The number of ether oxygens (including phenoxy) is 3. The SMILES string of the molecule is COCCOCCCNC(=O)COc1ccc(Cl)cc1Cl. The fourth-order valence-electron chi connectivity index (χ4n) is 1.43. The van der Waals surface area contributed by atoms with Gasteiger partial charge in [-0.25, -0.2) is 0 Å². The first kappa shape index (κ1) is 18.0. The molecule has 7 heteroatoms. The molecule has 1 aromatic carbocycles. The lowest BCUT2D eigenvalue weighted by Gasteiger charge is -2.09. The molecule has 0 atom stereocenters. The van der Waals surface area contributed by atoms with E-state index in [4.69, 9.17) is 37.4 Å². The Morgan fingerprint density at radius 1 is 1.24 bits per heavy atom. The number of amides is 1. The van der Waals surface area contributed by atoms with Gasteiger partial charge in [0.15, 0.2) is 6.61 Å². The van der Waals surface area contributed by atoms with Crippen molar-refractivity contribution in [2.75, 3.05) is 40.1 Å². The summed E-state index contributed by atoms with van der Waals surface area (Å²) in [5.74, 6) is 0.219. The van der Waals surface area contributed by atoms with Gasteiger partial charge in [0.1, 0.15) is 5.75 Å². The highest BCUT2D eigenvalue weighted by Crippen LogP contribution is 2.27. The third-order valence-electron chi connectivity index (χ3n) is 2.47. The van der Waals surface area contributed by atoms with Crippen molar-refractivity contribution in [1.82, 2.24) is 5.32 Å². The smallest absolute Gasteiger partial charge is 0.257 e. The third-order valence-corrected chi connectivity index (χ3v) is 3.00. The lowest BCUT2D eigenvalue weighted by atomic mass is 10.3. The summed E-state index contributed by atoms with van der Waals surface area (Å²) in [6.07, 6.45) is 0.733. The van der Waals surface area contributed by atoms with Crippen LogP contribution in [0.2, 0.25) is 10.0 Å². The van der Waals surface area contributed by atoms with Crippen LogP contribution in [0, 0.1) is 0 Å². The van der Waals surface area contributed by atoms with Gasteiger partial charge in [0.25, 0.3) is 5.91 Å². The van der Waals surface area contributed by atoms with Crippen molar-refractivity contribution in [3.05, 3.63) is 28.2 Å². The van der Waals surface area contributed by atoms with Crippen molar-refractivity contribution in [3.8, 4) is 5.75 Å². The Bertz CT molecular complexity index is 443. The molecule has 0 saturated carbocycles. The summed E-state index contributed by atoms with van der Waals surface area (Å²) in [6.45, 7) is 2.15. The molecule has 0 bridgehead atoms. The molecule has 0 fully saturated rings. The first-order chi connectivity index (χ1) is 10.1. The molecule has 1 rings (SSSR count). The van der Waals surface area contributed by atoms with Gasteiger partial charge in [-0.15, -0.1) is 0 Å². The van der Waals surface area contributed by atoms with Crippen LogP contribution in [0.5, 0.6) is 5.75 Å². The second kappa shape index (κ2) is 10.7. The number of carbonyl (C=O) groups is 1. The van der Waals surface area contributed by atoms with Gasteiger partial charge in [0.2, 0.25) is 0 Å². The molecule has 0 radical (unpaired) electrons. The minimum absolute atomic E-state index is 0.0914. The average Bonchev–Trinajstić information content (AvgIpc) is 2.45. The van der Waals surface area contributed by atoms with Crippen LogP contribution in [-0.2, 0) is 14.3 Å². The lowest BCUT2D eigenvalue weighted by Crippen LogP contribution is -2.30. The van der Waals surface area contributed by atoms with Crippen molar-refractivity contribution in [1.29, 1.82) is 0 Å². The highest BCUT2D eigenvalue weighted by atomic mass is 35.5. The summed E-state index contributed by atoms with van der Waals surface area (Å²) in [4.78, 5) is 11.6. The molecule has 5 nitrogen and oxygen atoms in total. The molecule has 1 aromatic rings. The first-order valence-electron chi connectivity index (χ1n) is 6.54. The van der Waals surface area contributed by atoms with Crippen LogP contribution in [0.3, 0.4) is 0 Å². The van der Waals surface area contributed by atoms with Crippen molar-refractivity contribution in [2.24, 2.45) is 0 Å². The molecule has 0 aliphatic rings. The number of benzene rings is 1. The van der Waals surface area contributed by atoms with Gasteiger partial charge in [-0.2, -0.15) is 0 Å². The minimum Gasteiger partial charge on any atom is -0.482 e. The van der Waals surface area contributed by atoms with Gasteiger partial charge in [0.05, 0.1) is 18.2 Å². The maximum Gasteiger partial charge on any atom is 0.257 e. The molecule has 0 aliphatic carbocycles. The van der Waals surface area contributed by atoms with Gasteiger partial charge in [-0.05, 0) is 24.6 Å². The van der Waals surface area contributed by atoms with Crippen LogP contribution in [0.25, 0.3) is 0 Å². The number of nitrogens with one attached hydrogen (secondary N) is 1. The molecule has 0 heterocycles. The number of methoxy groups -OCH3 is 1. The third kappa shape index (κ3) is 8.12. The number of halogens is 2. The van der Waals surface area contributed by atoms with Gasteiger partial charge in [-0.1, -0.05) is 23.2 Å². The molecule has 0 unspecified atom stereocenters. The van der Waals surface area contributed by atoms with Gasteiger partial charge in [0, 0.05) is 25.3 Å². The fraction of sp³-hybridized carbons (Fsp3) is 0.500. The summed E-state index contributed by atoms with van der Waals surface area (Å²) in [5.41, 5.74) is 0. The molecular formula is C14H19Cl2NO4. The topological polar surface area (TPSA) is 56.8 Å². The molecule has 0 spiro atoms. The molecule has 21 heavy (non-hydrogen) atoms. The number of carbonyl (C=O) groups excluding carboxylic acids is 1. The zero-order valence-electron chi connectivity index (χ0n) is 11.9. The quantitative estimate of drug-likeness (QED) is 0.667. The molecule has 0 saturated heterocycles. The van der Waals surface area contributed by atoms with E-state index in [1.807, 2.05) is 0 Å². The maximum absolute atomic E-state index is 11.6. The summed E-state index contributed by atoms with van der Waals surface area (Å²) < 4.78 is 15.4. The van der Waals surface area contributed by atoms with Crippen molar-refractivity contribution in [2.45, 2.75) is 6.42 Å². The van der Waals surface area contributed by atoms with Crippen molar-refractivity contribution < 1.29 is 19.0 Å². The van der Waals surface area contributed by atoms with Crippen LogP contribution in [0.1, 0.15) is 6.42 Å². The first-order valence-corrected chi connectivity index (χ1v) is 7.30. The van der Waals surface area contributed by atoms with Crippen LogP contribution in [-0.4, -0.2) is 46.0 Å². The predicted molar refractivity (Wildman–Crippen MR) is 82.3 cm³/mol. The van der Waals surface area contributed by atoms with Gasteiger partial charge in [-0.3, -0.25) is 4.79 Å².